The Bertz CT molecular complexity index is 561. The van der Waals surface area contributed by atoms with E-state index in [0.717, 1.165) is 12.0 Å². The number of benzene rings is 2. The van der Waals surface area contributed by atoms with Crippen molar-refractivity contribution >= 4 is 5.78 Å². The van der Waals surface area contributed by atoms with Crippen molar-refractivity contribution in [3.8, 4) is 11.1 Å². The molecule has 19 heavy (non-hydrogen) atoms. The molecule has 0 fully saturated rings. The largest absolute Gasteiger partial charge is 0.323 e. The topological polar surface area (TPSA) is 29.1 Å². The smallest absolute Gasteiger partial charge is 0.163 e. The predicted molar refractivity (Wildman–Crippen MR) is 79.5 cm³/mol. The minimum absolute atomic E-state index is 0.287. The maximum Gasteiger partial charge on any atom is 0.163 e. The molecule has 0 aliphatic heterocycles. The third-order valence-electron chi connectivity index (χ3n) is 3.13. The Morgan fingerprint density at radius 2 is 1.58 bits per heavy atom. The molecule has 0 spiro atoms. The molecule has 0 heterocycles. The van der Waals surface area contributed by atoms with E-state index < -0.39 is 0 Å². The zero-order valence-corrected chi connectivity index (χ0v) is 11.4. The average molecular weight is 253 g/mol. The predicted octanol–water partition coefficient (Wildman–Crippen LogP) is 3.32. The lowest BCUT2D eigenvalue weighted by molar-refractivity contribution is 0.0994. The van der Waals surface area contributed by atoms with Crippen molar-refractivity contribution in [3.05, 3.63) is 59.7 Å². The lowest BCUT2D eigenvalue weighted by Crippen LogP contribution is -1.90. The number of carbonyl (C=O) groups is 1. The number of hydrogen-bond acceptors (Lipinski definition) is 2. The van der Waals surface area contributed by atoms with Crippen LogP contribution in [0.3, 0.4) is 0 Å². The monoisotopic (exact) mass is 253 g/mol. The van der Waals surface area contributed by atoms with Crippen LogP contribution >= 0.6 is 0 Å². The molecule has 0 radical (unpaired) electrons. The SMILES string of the molecule is CNC.O=C1CCc2cc(-c3ccccc3)ccc21. The number of hydrogen-bond donors (Lipinski definition) is 1. The fraction of sp³-hybridized carbons (Fsp3) is 0.235. The lowest BCUT2D eigenvalue weighted by Gasteiger charge is -2.04. The molecule has 0 saturated heterocycles. The van der Waals surface area contributed by atoms with Gasteiger partial charge in [-0.05, 0) is 37.2 Å². The van der Waals surface area contributed by atoms with Gasteiger partial charge in [0.05, 0.1) is 0 Å². The second-order valence-electron chi connectivity index (χ2n) is 4.66. The molecule has 0 amide bonds. The van der Waals surface area contributed by atoms with Crippen LogP contribution in [0.4, 0.5) is 0 Å². The van der Waals surface area contributed by atoms with E-state index in [0.29, 0.717) is 6.42 Å². The molecular formula is C17H19NO. The van der Waals surface area contributed by atoms with Gasteiger partial charge in [-0.1, -0.05) is 48.5 Å². The molecular weight excluding hydrogens is 234 g/mol. The third kappa shape index (κ3) is 3.09. The van der Waals surface area contributed by atoms with E-state index in [2.05, 4.69) is 23.5 Å². The van der Waals surface area contributed by atoms with Crippen molar-refractivity contribution in [2.45, 2.75) is 12.8 Å². The summed E-state index contributed by atoms with van der Waals surface area (Å²) < 4.78 is 0. The average Bonchev–Trinajstić information content (AvgIpc) is 2.82. The molecule has 1 aliphatic carbocycles. The number of fused-ring (bicyclic) bond motifs is 1. The third-order valence-corrected chi connectivity index (χ3v) is 3.13. The van der Waals surface area contributed by atoms with Gasteiger partial charge in [0.1, 0.15) is 0 Å². The van der Waals surface area contributed by atoms with Crippen LogP contribution in [0.15, 0.2) is 48.5 Å². The molecule has 0 atom stereocenters. The first kappa shape index (κ1) is 13.5. The van der Waals surface area contributed by atoms with E-state index in [1.165, 1.54) is 16.7 Å². The standard InChI is InChI=1S/C15H12O.C2H7N/c16-15-9-7-13-10-12(6-8-14(13)15)11-4-2-1-3-5-11;1-3-2/h1-6,8,10H,7,9H2;3H,1-2H3. The number of rotatable bonds is 1. The zero-order chi connectivity index (χ0) is 13.7. The second-order valence-corrected chi connectivity index (χ2v) is 4.66. The van der Waals surface area contributed by atoms with Crippen LogP contribution in [0.25, 0.3) is 11.1 Å². The molecule has 2 heteroatoms. The number of ketones is 1. The number of nitrogens with one attached hydrogen (secondary N) is 1. The Morgan fingerprint density at radius 3 is 2.26 bits per heavy atom. The summed E-state index contributed by atoms with van der Waals surface area (Å²) in [6, 6.07) is 16.4. The van der Waals surface area contributed by atoms with Gasteiger partial charge in [0.15, 0.2) is 5.78 Å². The number of carbonyl (C=O) groups excluding carboxylic acids is 1. The summed E-state index contributed by atoms with van der Waals surface area (Å²) >= 11 is 0. The molecule has 2 aromatic carbocycles. The van der Waals surface area contributed by atoms with Crippen molar-refractivity contribution in [1.82, 2.24) is 5.32 Å². The summed E-state index contributed by atoms with van der Waals surface area (Å²) in [7, 11) is 3.75. The number of Topliss-reactive ketones (excluding diaryl/α,β-unsaturated/α-hetero) is 1. The molecule has 98 valence electrons. The van der Waals surface area contributed by atoms with E-state index in [1.54, 1.807) is 0 Å². The lowest BCUT2D eigenvalue weighted by atomic mass is 10.0. The Hall–Kier alpha value is -1.93. The Labute approximate surface area is 114 Å². The molecule has 2 aromatic rings. The van der Waals surface area contributed by atoms with E-state index in [4.69, 9.17) is 0 Å². The normalized spacial score (nSPS) is 12.6. The van der Waals surface area contributed by atoms with Crippen LogP contribution < -0.4 is 5.32 Å². The summed E-state index contributed by atoms with van der Waals surface area (Å²) in [6.07, 6.45) is 1.57. The van der Waals surface area contributed by atoms with Crippen molar-refractivity contribution < 1.29 is 4.79 Å². The van der Waals surface area contributed by atoms with Crippen LogP contribution in [0.5, 0.6) is 0 Å². The Morgan fingerprint density at radius 1 is 0.895 bits per heavy atom. The van der Waals surface area contributed by atoms with Gasteiger partial charge in [-0.2, -0.15) is 0 Å². The van der Waals surface area contributed by atoms with Gasteiger partial charge >= 0.3 is 0 Å². The first-order chi connectivity index (χ1) is 9.26. The molecule has 0 unspecified atom stereocenters. The minimum atomic E-state index is 0.287. The van der Waals surface area contributed by atoms with Gasteiger partial charge in [-0.3, -0.25) is 4.79 Å². The van der Waals surface area contributed by atoms with Crippen molar-refractivity contribution in [3.63, 3.8) is 0 Å². The van der Waals surface area contributed by atoms with E-state index >= 15 is 0 Å². The molecule has 0 aromatic heterocycles. The molecule has 3 rings (SSSR count). The first-order valence-electron chi connectivity index (χ1n) is 6.56. The van der Waals surface area contributed by atoms with Crippen LogP contribution in [0.1, 0.15) is 22.3 Å². The maximum absolute atomic E-state index is 11.5. The fourth-order valence-corrected chi connectivity index (χ4v) is 2.27. The van der Waals surface area contributed by atoms with Crippen LogP contribution in [0, 0.1) is 0 Å². The van der Waals surface area contributed by atoms with Crippen LogP contribution in [-0.2, 0) is 6.42 Å². The fourth-order valence-electron chi connectivity index (χ4n) is 2.27. The second kappa shape index (κ2) is 6.30. The highest BCUT2D eigenvalue weighted by molar-refractivity contribution is 6.00. The highest BCUT2D eigenvalue weighted by Gasteiger charge is 2.19. The molecule has 0 bridgehead atoms. The Kier molecular flexibility index (Phi) is 4.48. The zero-order valence-electron chi connectivity index (χ0n) is 11.4. The highest BCUT2D eigenvalue weighted by atomic mass is 16.1. The summed E-state index contributed by atoms with van der Waals surface area (Å²) in [5.74, 6) is 0.287. The van der Waals surface area contributed by atoms with E-state index in [-0.39, 0.29) is 5.78 Å². The Balaban J connectivity index is 0.000000408. The first-order valence-corrected chi connectivity index (χ1v) is 6.56. The van der Waals surface area contributed by atoms with Crippen molar-refractivity contribution in [2.75, 3.05) is 14.1 Å². The molecule has 1 aliphatic rings. The quantitative estimate of drug-likeness (QED) is 0.844. The van der Waals surface area contributed by atoms with Crippen LogP contribution in [0.2, 0.25) is 0 Å². The van der Waals surface area contributed by atoms with Crippen LogP contribution in [-0.4, -0.2) is 19.9 Å². The van der Waals surface area contributed by atoms with E-state index in [1.807, 2.05) is 44.4 Å². The summed E-state index contributed by atoms with van der Waals surface area (Å²) in [4.78, 5) is 11.5. The summed E-state index contributed by atoms with van der Waals surface area (Å²) in [5.41, 5.74) is 4.53. The molecule has 2 nitrogen and oxygen atoms in total. The molecule has 0 saturated carbocycles. The van der Waals surface area contributed by atoms with Gasteiger partial charge in [0.2, 0.25) is 0 Å². The van der Waals surface area contributed by atoms with Gasteiger partial charge < -0.3 is 5.32 Å². The minimum Gasteiger partial charge on any atom is -0.323 e. The van der Waals surface area contributed by atoms with Gasteiger partial charge in [0, 0.05) is 12.0 Å². The maximum atomic E-state index is 11.5. The van der Waals surface area contributed by atoms with E-state index in [9.17, 15) is 4.79 Å². The summed E-state index contributed by atoms with van der Waals surface area (Å²) in [6.45, 7) is 0. The van der Waals surface area contributed by atoms with Gasteiger partial charge in [0.25, 0.3) is 0 Å². The van der Waals surface area contributed by atoms with Crippen molar-refractivity contribution in [1.29, 1.82) is 0 Å². The van der Waals surface area contributed by atoms with Crippen molar-refractivity contribution in [2.24, 2.45) is 0 Å². The highest BCUT2D eigenvalue weighted by Crippen LogP contribution is 2.27. The van der Waals surface area contributed by atoms with Gasteiger partial charge in [-0.25, -0.2) is 0 Å². The number of aryl methyl sites for hydroxylation is 1. The van der Waals surface area contributed by atoms with Gasteiger partial charge in [-0.15, -0.1) is 0 Å². The molecule has 1 N–H and O–H groups in total. The summed E-state index contributed by atoms with van der Waals surface area (Å²) in [5, 5.41) is 2.75.